The molecule has 0 aromatic rings. The first kappa shape index (κ1) is 63.3. The summed E-state index contributed by atoms with van der Waals surface area (Å²) in [6.45, 7) is 6.42. The van der Waals surface area contributed by atoms with E-state index in [-0.39, 0.29) is 37.5 Å². The Bertz CT molecular complexity index is 1350. The molecule has 0 spiro atoms. The number of ether oxygens (including phenoxy) is 3. The molecule has 0 bridgehead atoms. The Morgan fingerprint density at radius 3 is 1.12 bits per heavy atom. The van der Waals surface area contributed by atoms with Crippen LogP contribution in [-0.4, -0.2) is 37.2 Å². The van der Waals surface area contributed by atoms with Crippen molar-refractivity contribution in [2.75, 3.05) is 13.2 Å². The fourth-order valence-corrected chi connectivity index (χ4v) is 7.54. The van der Waals surface area contributed by atoms with Crippen LogP contribution in [0, 0.1) is 0 Å². The second-order valence-electron chi connectivity index (χ2n) is 18.2. The lowest BCUT2D eigenvalue weighted by Crippen LogP contribution is -2.30. The van der Waals surface area contributed by atoms with Crippen LogP contribution >= 0.6 is 0 Å². The molecule has 0 heterocycles. The van der Waals surface area contributed by atoms with Gasteiger partial charge >= 0.3 is 17.9 Å². The van der Waals surface area contributed by atoms with E-state index in [0.717, 1.165) is 70.6 Å². The normalized spacial score (nSPS) is 12.8. The van der Waals surface area contributed by atoms with Gasteiger partial charge in [-0.25, -0.2) is 0 Å². The maximum absolute atomic E-state index is 12.8. The smallest absolute Gasteiger partial charge is 0.306 e. The topological polar surface area (TPSA) is 78.9 Å². The van der Waals surface area contributed by atoms with Crippen LogP contribution in [0.4, 0.5) is 0 Å². The highest BCUT2D eigenvalue weighted by Gasteiger charge is 2.19. The van der Waals surface area contributed by atoms with E-state index in [1.54, 1.807) is 0 Å². The summed E-state index contributed by atoms with van der Waals surface area (Å²) in [7, 11) is 0. The maximum Gasteiger partial charge on any atom is 0.306 e. The average Bonchev–Trinajstić information content (AvgIpc) is 3.33. The standard InChI is InChI=1S/C61H102O6/c1-4-7-10-13-16-19-22-25-28-30-33-36-39-42-45-48-51-54-60(63)66-57-58(56-65-59(62)53-50-47-44-41-38-35-32-27-24-21-18-15-12-9-6-3)67-61(64)55-52-49-46-43-40-37-34-31-29-26-23-20-17-14-11-8-5-2/h9,12,15,18,21,24-25,27-28,32-33,35-36,38,42,45,58H,4-8,10-11,13-14,16-17,19-20,22-23,26,29-31,34,37,39-41,43-44,46-57H2,1-3H3/b12-9-,18-15-,24-21-,28-25-,32-27-,36-33-,38-35-,45-42-. The molecule has 382 valence electrons. The van der Waals surface area contributed by atoms with Crippen molar-refractivity contribution < 1.29 is 28.6 Å². The lowest BCUT2D eigenvalue weighted by molar-refractivity contribution is -0.167. The van der Waals surface area contributed by atoms with Crippen molar-refractivity contribution >= 4 is 17.9 Å². The van der Waals surface area contributed by atoms with Crippen molar-refractivity contribution in [3.8, 4) is 0 Å². The molecule has 6 nitrogen and oxygen atoms in total. The van der Waals surface area contributed by atoms with E-state index in [1.807, 2.05) is 48.6 Å². The summed E-state index contributed by atoms with van der Waals surface area (Å²) in [4.78, 5) is 38.1. The summed E-state index contributed by atoms with van der Waals surface area (Å²) in [5.74, 6) is -1.00. The molecule has 0 fully saturated rings. The highest BCUT2D eigenvalue weighted by atomic mass is 16.6. The zero-order chi connectivity index (χ0) is 48.6. The van der Waals surface area contributed by atoms with E-state index in [2.05, 4.69) is 69.4 Å². The van der Waals surface area contributed by atoms with Crippen LogP contribution < -0.4 is 0 Å². The molecular weight excluding hydrogens is 829 g/mol. The molecule has 6 heteroatoms. The van der Waals surface area contributed by atoms with Gasteiger partial charge in [-0.15, -0.1) is 0 Å². The van der Waals surface area contributed by atoms with Crippen molar-refractivity contribution in [3.63, 3.8) is 0 Å². The van der Waals surface area contributed by atoms with Crippen molar-refractivity contribution in [1.82, 2.24) is 0 Å². The number of esters is 3. The molecule has 67 heavy (non-hydrogen) atoms. The highest BCUT2D eigenvalue weighted by molar-refractivity contribution is 5.71. The number of hydrogen-bond acceptors (Lipinski definition) is 6. The minimum Gasteiger partial charge on any atom is -0.462 e. The van der Waals surface area contributed by atoms with E-state index in [0.29, 0.717) is 19.3 Å². The predicted octanol–water partition coefficient (Wildman–Crippen LogP) is 18.5. The fourth-order valence-electron chi connectivity index (χ4n) is 7.54. The molecule has 0 aliphatic heterocycles. The minimum absolute atomic E-state index is 0.114. The van der Waals surface area contributed by atoms with Crippen molar-refractivity contribution in [3.05, 3.63) is 97.2 Å². The van der Waals surface area contributed by atoms with Crippen LogP contribution in [0.3, 0.4) is 0 Å². The molecule has 0 saturated carbocycles. The van der Waals surface area contributed by atoms with Crippen LogP contribution in [0.15, 0.2) is 97.2 Å². The van der Waals surface area contributed by atoms with Crippen molar-refractivity contribution in [1.29, 1.82) is 0 Å². The van der Waals surface area contributed by atoms with Gasteiger partial charge in [-0.1, -0.05) is 259 Å². The van der Waals surface area contributed by atoms with Crippen molar-refractivity contribution in [2.45, 2.75) is 258 Å². The lowest BCUT2D eigenvalue weighted by atomic mass is 10.0. The Morgan fingerprint density at radius 2 is 0.657 bits per heavy atom. The molecule has 1 atom stereocenters. The second-order valence-corrected chi connectivity index (χ2v) is 18.2. The molecule has 0 saturated heterocycles. The first-order valence-electron chi connectivity index (χ1n) is 27.8. The van der Waals surface area contributed by atoms with Gasteiger partial charge in [0, 0.05) is 19.3 Å². The summed E-state index contributed by atoms with van der Waals surface area (Å²) < 4.78 is 16.8. The number of hydrogen-bond donors (Lipinski definition) is 0. The summed E-state index contributed by atoms with van der Waals surface area (Å²) >= 11 is 0. The summed E-state index contributed by atoms with van der Waals surface area (Å²) in [6.07, 6.45) is 72.6. The van der Waals surface area contributed by atoms with Crippen LogP contribution in [0.1, 0.15) is 252 Å². The SMILES string of the molecule is CC\C=C/C=C\C=C/C=C\C=C/CCCCCC(=O)OCC(COC(=O)CCC/C=C\C/C=C\C/C=C\CCCCCCCC)OC(=O)CCCCCCCCCCCCCCCCCCC. The first-order valence-corrected chi connectivity index (χ1v) is 27.8. The van der Waals surface area contributed by atoms with Gasteiger partial charge < -0.3 is 14.2 Å². The number of unbranched alkanes of at least 4 members (excludes halogenated alkanes) is 26. The van der Waals surface area contributed by atoms with Gasteiger partial charge in [0.25, 0.3) is 0 Å². The van der Waals surface area contributed by atoms with E-state index in [9.17, 15) is 14.4 Å². The Labute approximate surface area is 413 Å². The molecule has 0 aliphatic rings. The van der Waals surface area contributed by atoms with Crippen LogP contribution in [0.5, 0.6) is 0 Å². The summed E-state index contributed by atoms with van der Waals surface area (Å²) in [6, 6.07) is 0. The number of carbonyl (C=O) groups is 3. The van der Waals surface area contributed by atoms with Gasteiger partial charge in [0.1, 0.15) is 13.2 Å². The van der Waals surface area contributed by atoms with E-state index < -0.39 is 6.10 Å². The lowest BCUT2D eigenvalue weighted by Gasteiger charge is -2.18. The van der Waals surface area contributed by atoms with E-state index in [1.165, 1.54) is 135 Å². The van der Waals surface area contributed by atoms with Gasteiger partial charge in [-0.3, -0.25) is 14.4 Å². The fraction of sp³-hybridized carbons (Fsp3) is 0.689. The van der Waals surface area contributed by atoms with E-state index in [4.69, 9.17) is 14.2 Å². The van der Waals surface area contributed by atoms with Gasteiger partial charge in [0.05, 0.1) is 0 Å². The average molecular weight is 931 g/mol. The number of rotatable bonds is 49. The molecule has 0 radical (unpaired) electrons. The zero-order valence-electron chi connectivity index (χ0n) is 43.6. The Morgan fingerprint density at radius 1 is 0.328 bits per heavy atom. The number of carbonyl (C=O) groups excluding carboxylic acids is 3. The van der Waals surface area contributed by atoms with Gasteiger partial charge in [-0.2, -0.15) is 0 Å². The molecule has 1 unspecified atom stereocenters. The molecular formula is C61H102O6. The largest absolute Gasteiger partial charge is 0.462 e. The van der Waals surface area contributed by atoms with Crippen LogP contribution in [0.25, 0.3) is 0 Å². The summed E-state index contributed by atoms with van der Waals surface area (Å²) in [5, 5.41) is 0. The van der Waals surface area contributed by atoms with Crippen LogP contribution in [0.2, 0.25) is 0 Å². The quantitative estimate of drug-likeness (QED) is 0.0199. The predicted molar refractivity (Wildman–Crippen MR) is 288 cm³/mol. The third-order valence-corrected chi connectivity index (χ3v) is 11.7. The molecule has 0 amide bonds. The Kier molecular flexibility index (Phi) is 51.9. The molecule has 0 aromatic carbocycles. The third kappa shape index (κ3) is 53.2. The molecule has 0 N–H and O–H groups in total. The third-order valence-electron chi connectivity index (χ3n) is 11.7. The maximum atomic E-state index is 12.8. The Hall–Kier alpha value is -3.67. The van der Waals surface area contributed by atoms with Gasteiger partial charge in [0.2, 0.25) is 0 Å². The molecule has 0 aromatic heterocycles. The van der Waals surface area contributed by atoms with E-state index >= 15 is 0 Å². The van der Waals surface area contributed by atoms with Crippen molar-refractivity contribution in [2.24, 2.45) is 0 Å². The van der Waals surface area contributed by atoms with Crippen LogP contribution in [-0.2, 0) is 28.6 Å². The Balaban J connectivity index is 4.52. The summed E-state index contributed by atoms with van der Waals surface area (Å²) in [5.41, 5.74) is 0. The zero-order valence-corrected chi connectivity index (χ0v) is 43.6. The number of allylic oxidation sites excluding steroid dienone is 16. The minimum atomic E-state index is -0.815. The highest BCUT2D eigenvalue weighted by Crippen LogP contribution is 2.15. The van der Waals surface area contributed by atoms with Gasteiger partial charge in [0.15, 0.2) is 6.10 Å². The monoisotopic (exact) mass is 931 g/mol. The molecule has 0 rings (SSSR count). The van der Waals surface area contributed by atoms with Gasteiger partial charge in [-0.05, 0) is 70.6 Å². The second kappa shape index (κ2) is 54.9. The molecule has 0 aliphatic carbocycles. The first-order chi connectivity index (χ1) is 33.0.